The Bertz CT molecular complexity index is 875. The maximum atomic E-state index is 6.23. The summed E-state index contributed by atoms with van der Waals surface area (Å²) in [4.78, 5) is 10.4. The average Bonchev–Trinajstić information content (AvgIpc) is 3.41. The molecule has 5 nitrogen and oxygen atoms in total. The predicted molar refractivity (Wildman–Crippen MR) is 96.6 cm³/mol. The van der Waals surface area contributed by atoms with Crippen molar-refractivity contribution in [2.45, 2.75) is 50.7 Å². The number of thiophene rings is 1. The van der Waals surface area contributed by atoms with E-state index in [0.717, 1.165) is 35.2 Å². The summed E-state index contributed by atoms with van der Waals surface area (Å²) in [6, 6.07) is 4.37. The molecule has 0 amide bonds. The quantitative estimate of drug-likeness (QED) is 0.674. The minimum atomic E-state index is 0.104. The van der Waals surface area contributed by atoms with Gasteiger partial charge in [0.05, 0.1) is 23.1 Å². The van der Waals surface area contributed by atoms with Crippen LogP contribution in [0.3, 0.4) is 0 Å². The molecule has 1 aliphatic carbocycles. The fourth-order valence-electron chi connectivity index (χ4n) is 4.27. The molecular weight excluding hydrogens is 334 g/mol. The third-order valence-corrected chi connectivity index (χ3v) is 6.36. The normalized spacial score (nSPS) is 22.2. The zero-order valence-corrected chi connectivity index (χ0v) is 15.1. The van der Waals surface area contributed by atoms with Crippen LogP contribution in [0.4, 0.5) is 0 Å². The molecule has 6 heteroatoms. The highest BCUT2D eigenvalue weighted by Crippen LogP contribution is 2.45. The van der Waals surface area contributed by atoms with Crippen molar-refractivity contribution >= 4 is 11.3 Å². The van der Waals surface area contributed by atoms with Crippen molar-refractivity contribution in [3.8, 4) is 22.3 Å². The average molecular weight is 355 g/mol. The van der Waals surface area contributed by atoms with Gasteiger partial charge in [0.2, 0.25) is 5.89 Å². The number of hydrogen-bond acceptors (Lipinski definition) is 5. The van der Waals surface area contributed by atoms with Gasteiger partial charge in [0.15, 0.2) is 5.82 Å². The molecule has 0 N–H and O–H groups in total. The Hall–Kier alpha value is -1.92. The van der Waals surface area contributed by atoms with Crippen LogP contribution >= 0.6 is 11.3 Å². The van der Waals surface area contributed by atoms with E-state index in [2.05, 4.69) is 15.7 Å². The van der Waals surface area contributed by atoms with Crippen LogP contribution in [0.5, 0.6) is 0 Å². The third-order valence-electron chi connectivity index (χ3n) is 5.51. The van der Waals surface area contributed by atoms with E-state index in [4.69, 9.17) is 14.1 Å². The molecule has 3 aromatic rings. The van der Waals surface area contributed by atoms with Gasteiger partial charge in [-0.15, -0.1) is 11.3 Å². The molecule has 25 heavy (non-hydrogen) atoms. The number of ether oxygens (including phenoxy) is 1. The second-order valence-electron chi connectivity index (χ2n) is 7.12. The first-order valence-electron chi connectivity index (χ1n) is 8.93. The van der Waals surface area contributed by atoms with Crippen LogP contribution in [-0.4, -0.2) is 26.7 Å². The van der Waals surface area contributed by atoms with Gasteiger partial charge in [0.25, 0.3) is 0 Å². The van der Waals surface area contributed by atoms with Crippen molar-refractivity contribution in [3.63, 3.8) is 0 Å². The lowest BCUT2D eigenvalue weighted by Crippen LogP contribution is -2.23. The molecule has 1 saturated heterocycles. The van der Waals surface area contributed by atoms with E-state index in [1.165, 1.54) is 25.7 Å². The molecule has 1 atom stereocenters. The van der Waals surface area contributed by atoms with E-state index in [1.54, 1.807) is 11.3 Å². The largest absolute Gasteiger partial charge is 0.440 e. The summed E-state index contributed by atoms with van der Waals surface area (Å²) in [5, 5.41) is 2.03. The Morgan fingerprint density at radius 1 is 1.32 bits per heavy atom. The topological polar surface area (TPSA) is 53.1 Å². The molecule has 130 valence electrons. The first-order valence-corrected chi connectivity index (χ1v) is 9.81. The fraction of sp³-hybridized carbons (Fsp3) is 0.474. The number of oxazole rings is 1. The summed E-state index contributed by atoms with van der Waals surface area (Å²) >= 11 is 1.63. The number of aryl methyl sites for hydroxylation is 1. The summed E-state index contributed by atoms with van der Waals surface area (Å²) in [6.45, 7) is 2.72. The fourth-order valence-corrected chi connectivity index (χ4v) is 4.92. The zero-order chi connectivity index (χ0) is 16.9. The minimum Gasteiger partial charge on any atom is -0.440 e. The van der Waals surface area contributed by atoms with Crippen molar-refractivity contribution in [1.82, 2.24) is 14.5 Å². The Morgan fingerprint density at radius 3 is 3.00 bits per heavy atom. The highest BCUT2D eigenvalue weighted by molar-refractivity contribution is 7.13. The van der Waals surface area contributed by atoms with E-state index in [0.29, 0.717) is 11.9 Å². The van der Waals surface area contributed by atoms with Gasteiger partial charge in [-0.3, -0.25) is 0 Å². The molecule has 5 rings (SSSR count). The number of rotatable bonds is 3. The molecule has 1 spiro atoms. The Morgan fingerprint density at radius 2 is 2.20 bits per heavy atom. The molecular formula is C19H21N3O2S. The number of hydrogen-bond donors (Lipinski definition) is 0. The van der Waals surface area contributed by atoms with E-state index < -0.39 is 0 Å². The van der Waals surface area contributed by atoms with Gasteiger partial charge in [-0.05, 0) is 37.6 Å². The highest BCUT2D eigenvalue weighted by Gasteiger charge is 2.43. The zero-order valence-electron chi connectivity index (χ0n) is 14.3. The maximum Gasteiger partial charge on any atom is 0.237 e. The summed E-state index contributed by atoms with van der Waals surface area (Å²) in [6.07, 6.45) is 9.94. The van der Waals surface area contributed by atoms with Gasteiger partial charge in [-0.1, -0.05) is 18.9 Å². The molecule has 2 fully saturated rings. The van der Waals surface area contributed by atoms with E-state index in [9.17, 15) is 0 Å². The van der Waals surface area contributed by atoms with Gasteiger partial charge in [-0.25, -0.2) is 9.97 Å². The summed E-state index contributed by atoms with van der Waals surface area (Å²) in [7, 11) is 0. The van der Waals surface area contributed by atoms with Gasteiger partial charge in [0.1, 0.15) is 11.5 Å². The Labute approximate surface area is 150 Å². The van der Waals surface area contributed by atoms with Crippen LogP contribution in [0.25, 0.3) is 22.3 Å². The smallest absolute Gasteiger partial charge is 0.237 e. The molecule has 2 aliphatic rings. The van der Waals surface area contributed by atoms with Crippen LogP contribution in [0, 0.1) is 6.92 Å². The molecule has 4 heterocycles. The molecule has 0 bridgehead atoms. The van der Waals surface area contributed by atoms with Gasteiger partial charge >= 0.3 is 0 Å². The molecule has 0 unspecified atom stereocenters. The van der Waals surface area contributed by atoms with Crippen molar-refractivity contribution in [2.24, 2.45) is 0 Å². The number of aromatic nitrogens is 3. The van der Waals surface area contributed by atoms with Crippen molar-refractivity contribution in [3.05, 3.63) is 35.7 Å². The SMILES string of the molecule is Cc1oc(-c2cccs2)nc1-c1nccn1[C@@H]1COC2(CCCC2)C1. The maximum absolute atomic E-state index is 6.23. The molecule has 1 aliphatic heterocycles. The molecule has 0 radical (unpaired) electrons. The second kappa shape index (κ2) is 5.81. The van der Waals surface area contributed by atoms with Gasteiger partial charge in [0, 0.05) is 12.4 Å². The molecule has 3 aromatic heterocycles. The monoisotopic (exact) mass is 355 g/mol. The third kappa shape index (κ3) is 2.55. The van der Waals surface area contributed by atoms with E-state index in [-0.39, 0.29) is 5.60 Å². The Balaban J connectivity index is 1.48. The molecule has 1 saturated carbocycles. The summed E-state index contributed by atoms with van der Waals surface area (Å²) in [5.74, 6) is 2.37. The van der Waals surface area contributed by atoms with Crippen LogP contribution in [-0.2, 0) is 4.74 Å². The van der Waals surface area contributed by atoms with E-state index in [1.807, 2.05) is 30.6 Å². The first-order chi connectivity index (χ1) is 12.2. The van der Waals surface area contributed by atoms with Crippen LogP contribution in [0.15, 0.2) is 34.3 Å². The van der Waals surface area contributed by atoms with Crippen LogP contribution in [0.1, 0.15) is 43.9 Å². The minimum absolute atomic E-state index is 0.104. The first kappa shape index (κ1) is 15.3. The van der Waals surface area contributed by atoms with E-state index >= 15 is 0 Å². The van der Waals surface area contributed by atoms with Crippen molar-refractivity contribution in [1.29, 1.82) is 0 Å². The second-order valence-corrected chi connectivity index (χ2v) is 8.07. The standard InChI is InChI=1S/C19H21N3O2S/c1-13-16(21-18(24-13)15-5-4-10-25-15)17-20-8-9-22(17)14-11-19(23-12-14)6-2-3-7-19/h4-5,8-10,14H,2-3,6-7,11-12H2,1H3/t14-/m0/s1. The lowest BCUT2D eigenvalue weighted by molar-refractivity contribution is 0.00959. The van der Waals surface area contributed by atoms with Crippen LogP contribution in [0.2, 0.25) is 0 Å². The lowest BCUT2D eigenvalue weighted by atomic mass is 9.96. The summed E-state index contributed by atoms with van der Waals surface area (Å²) in [5.41, 5.74) is 0.938. The highest BCUT2D eigenvalue weighted by atomic mass is 32.1. The Kier molecular flexibility index (Phi) is 3.57. The lowest BCUT2D eigenvalue weighted by Gasteiger charge is -2.21. The number of imidazole rings is 1. The number of nitrogens with zero attached hydrogens (tertiary/aromatic N) is 3. The van der Waals surface area contributed by atoms with Crippen molar-refractivity contribution < 1.29 is 9.15 Å². The summed E-state index contributed by atoms with van der Waals surface area (Å²) < 4.78 is 14.4. The van der Waals surface area contributed by atoms with Gasteiger partial charge in [-0.2, -0.15) is 0 Å². The van der Waals surface area contributed by atoms with Crippen LogP contribution < -0.4 is 0 Å². The van der Waals surface area contributed by atoms with Crippen molar-refractivity contribution in [2.75, 3.05) is 6.61 Å². The predicted octanol–water partition coefficient (Wildman–Crippen LogP) is 4.85. The molecule has 0 aromatic carbocycles. The van der Waals surface area contributed by atoms with Gasteiger partial charge < -0.3 is 13.7 Å².